The molecule has 2 unspecified atom stereocenters. The highest BCUT2D eigenvalue weighted by Crippen LogP contribution is 2.32. The van der Waals surface area contributed by atoms with Crippen LogP contribution in [0.1, 0.15) is 21.6 Å². The highest BCUT2D eigenvalue weighted by molar-refractivity contribution is 6.30. The van der Waals surface area contributed by atoms with Gasteiger partial charge in [0.25, 0.3) is 0 Å². The first-order valence-electron chi connectivity index (χ1n) is 10.8. The lowest BCUT2D eigenvalue weighted by Gasteiger charge is -2.38. The van der Waals surface area contributed by atoms with Crippen LogP contribution in [0.25, 0.3) is 0 Å². The fourth-order valence-electron chi connectivity index (χ4n) is 4.39. The first kappa shape index (κ1) is 24.6. The summed E-state index contributed by atoms with van der Waals surface area (Å²) >= 11 is 5.94. The van der Waals surface area contributed by atoms with Crippen molar-refractivity contribution < 1.29 is 27.8 Å². The van der Waals surface area contributed by atoms with Crippen LogP contribution in [0.3, 0.4) is 0 Å². The van der Waals surface area contributed by atoms with Crippen molar-refractivity contribution in [3.8, 4) is 0 Å². The number of benzene rings is 1. The zero-order valence-corrected chi connectivity index (χ0v) is 19.3. The average molecular weight is 500 g/mol. The van der Waals surface area contributed by atoms with Crippen molar-refractivity contribution in [1.82, 2.24) is 19.8 Å². The lowest BCUT2D eigenvalue weighted by atomic mass is 10.1. The van der Waals surface area contributed by atoms with Gasteiger partial charge in [0.05, 0.1) is 19.3 Å². The lowest BCUT2D eigenvalue weighted by molar-refractivity contribution is -0.141. The molecule has 2 saturated heterocycles. The van der Waals surface area contributed by atoms with Gasteiger partial charge < -0.3 is 14.7 Å². The number of methoxy groups -OCH3 is 1. The number of aromatic nitrogens is 2. The van der Waals surface area contributed by atoms with E-state index in [2.05, 4.69) is 24.5 Å². The maximum Gasteiger partial charge on any atom is 0.434 e. The quantitative estimate of drug-likeness (QED) is 0.628. The first-order valence-corrected chi connectivity index (χ1v) is 11.2. The number of hydrogen-bond acceptors (Lipinski definition) is 8. The van der Waals surface area contributed by atoms with Gasteiger partial charge >= 0.3 is 12.1 Å². The third kappa shape index (κ3) is 5.43. The molecule has 4 rings (SSSR count). The summed E-state index contributed by atoms with van der Waals surface area (Å²) in [6, 6.07) is 7.46. The number of aliphatic hydroxyl groups is 1. The molecule has 2 aliphatic heterocycles. The third-order valence-corrected chi connectivity index (χ3v) is 6.44. The number of carbonyl (C=O) groups is 1. The SMILES string of the molecule is COC(=O)c1cnc(N2CC(O)C(N3CCN(Cc4ccc(Cl)cc4)CC3)C2)nc1C(F)(F)F. The molecule has 0 spiro atoms. The predicted molar refractivity (Wildman–Crippen MR) is 119 cm³/mol. The van der Waals surface area contributed by atoms with E-state index in [1.165, 1.54) is 4.90 Å². The Morgan fingerprint density at radius 3 is 2.47 bits per heavy atom. The van der Waals surface area contributed by atoms with E-state index in [0.29, 0.717) is 5.02 Å². The molecule has 0 bridgehead atoms. The fraction of sp³-hybridized carbons (Fsp3) is 0.500. The van der Waals surface area contributed by atoms with Crippen LogP contribution < -0.4 is 4.90 Å². The van der Waals surface area contributed by atoms with Crippen molar-refractivity contribution in [2.45, 2.75) is 24.9 Å². The molecule has 3 heterocycles. The molecule has 0 saturated carbocycles. The summed E-state index contributed by atoms with van der Waals surface area (Å²) in [5.74, 6) is -1.34. The van der Waals surface area contributed by atoms with Gasteiger partial charge in [-0.3, -0.25) is 9.80 Å². The summed E-state index contributed by atoms with van der Waals surface area (Å²) in [6.45, 7) is 4.23. The molecule has 1 N–H and O–H groups in total. The molecule has 8 nitrogen and oxygen atoms in total. The number of β-amino-alcohol motifs (C(OH)–C–C–N with tert-alkyl or cyclic N) is 1. The number of halogens is 4. The minimum absolute atomic E-state index is 0.102. The number of rotatable bonds is 5. The van der Waals surface area contributed by atoms with E-state index in [-0.39, 0.29) is 25.1 Å². The Hall–Kier alpha value is -2.47. The molecule has 184 valence electrons. The van der Waals surface area contributed by atoms with Gasteiger partial charge in [-0.05, 0) is 17.7 Å². The van der Waals surface area contributed by atoms with E-state index in [9.17, 15) is 23.1 Å². The molecule has 1 aromatic heterocycles. The van der Waals surface area contributed by atoms with Gasteiger partial charge in [-0.1, -0.05) is 23.7 Å². The molecule has 12 heteroatoms. The van der Waals surface area contributed by atoms with Crippen LogP contribution in [0.4, 0.5) is 19.1 Å². The Balaban J connectivity index is 1.40. The zero-order chi connectivity index (χ0) is 24.5. The van der Waals surface area contributed by atoms with Crippen molar-refractivity contribution in [1.29, 1.82) is 0 Å². The smallest absolute Gasteiger partial charge is 0.434 e. The van der Waals surface area contributed by atoms with Crippen LogP contribution in [0.5, 0.6) is 0 Å². The molecule has 1 aromatic carbocycles. The van der Waals surface area contributed by atoms with E-state index >= 15 is 0 Å². The molecular weight excluding hydrogens is 475 g/mol. The van der Waals surface area contributed by atoms with E-state index in [1.54, 1.807) is 0 Å². The molecule has 2 aliphatic rings. The van der Waals surface area contributed by atoms with E-state index < -0.39 is 29.5 Å². The van der Waals surface area contributed by atoms with E-state index in [1.807, 2.05) is 24.3 Å². The summed E-state index contributed by atoms with van der Waals surface area (Å²) in [4.78, 5) is 25.3. The van der Waals surface area contributed by atoms with Gasteiger partial charge in [-0.15, -0.1) is 0 Å². The van der Waals surface area contributed by atoms with Gasteiger partial charge in [-0.25, -0.2) is 14.8 Å². The maximum absolute atomic E-state index is 13.5. The largest absolute Gasteiger partial charge is 0.465 e. The molecular formula is C22H25ClF3N5O3. The monoisotopic (exact) mass is 499 g/mol. The standard InChI is InChI=1S/C22H25ClF3N5O3/c1-34-20(33)16-10-27-21(28-19(16)22(24,25)26)31-12-17(18(32)13-31)30-8-6-29(7-9-30)11-14-2-4-15(23)5-3-14/h2-5,10,17-18,32H,6-9,11-13H2,1H3. The molecule has 34 heavy (non-hydrogen) atoms. The van der Waals surface area contributed by atoms with Gasteiger partial charge in [0.15, 0.2) is 5.69 Å². The summed E-state index contributed by atoms with van der Waals surface area (Å²) in [7, 11) is 0.993. The lowest BCUT2D eigenvalue weighted by Crippen LogP contribution is -2.53. The van der Waals surface area contributed by atoms with Crippen LogP contribution >= 0.6 is 11.6 Å². The molecule has 2 atom stereocenters. The number of piperazine rings is 1. The summed E-state index contributed by atoms with van der Waals surface area (Å²) in [5.41, 5.74) is -0.928. The van der Waals surface area contributed by atoms with Crippen molar-refractivity contribution in [3.63, 3.8) is 0 Å². The minimum Gasteiger partial charge on any atom is -0.465 e. The van der Waals surface area contributed by atoms with Gasteiger partial charge in [0.1, 0.15) is 5.56 Å². The molecule has 0 radical (unpaired) electrons. The highest BCUT2D eigenvalue weighted by atomic mass is 35.5. The Morgan fingerprint density at radius 1 is 1.18 bits per heavy atom. The number of aliphatic hydroxyl groups excluding tert-OH is 1. The summed E-state index contributed by atoms with van der Waals surface area (Å²) < 4.78 is 44.9. The highest BCUT2D eigenvalue weighted by Gasteiger charge is 2.41. The van der Waals surface area contributed by atoms with Crippen LogP contribution in [-0.4, -0.2) is 89.4 Å². The second-order valence-corrected chi connectivity index (χ2v) is 8.84. The molecule has 0 aliphatic carbocycles. The van der Waals surface area contributed by atoms with Crippen molar-refractivity contribution in [2.75, 3.05) is 51.3 Å². The van der Waals surface area contributed by atoms with Crippen LogP contribution in [-0.2, 0) is 17.5 Å². The third-order valence-electron chi connectivity index (χ3n) is 6.19. The summed E-state index contributed by atoms with van der Waals surface area (Å²) in [5, 5.41) is 11.3. The van der Waals surface area contributed by atoms with Gasteiger partial charge in [0, 0.05) is 57.0 Å². The van der Waals surface area contributed by atoms with Crippen LogP contribution in [0.15, 0.2) is 30.5 Å². The number of hydrogen-bond donors (Lipinski definition) is 1. The fourth-order valence-corrected chi connectivity index (χ4v) is 4.52. The minimum atomic E-state index is -4.85. The molecule has 2 fully saturated rings. The number of ether oxygens (including phenoxy) is 1. The number of anilines is 1. The number of carbonyl (C=O) groups excluding carboxylic acids is 1. The number of nitrogens with zero attached hydrogens (tertiary/aromatic N) is 5. The summed E-state index contributed by atoms with van der Waals surface area (Å²) in [6.07, 6.45) is -4.79. The second-order valence-electron chi connectivity index (χ2n) is 8.40. The van der Waals surface area contributed by atoms with Crippen LogP contribution in [0, 0.1) is 0 Å². The number of alkyl halides is 3. The second kappa shape index (κ2) is 10.0. The predicted octanol–water partition coefficient (Wildman–Crippen LogP) is 2.30. The van der Waals surface area contributed by atoms with Gasteiger partial charge in [-0.2, -0.15) is 13.2 Å². The Morgan fingerprint density at radius 2 is 1.85 bits per heavy atom. The normalized spacial score (nSPS) is 22.2. The van der Waals surface area contributed by atoms with Crippen molar-refractivity contribution in [3.05, 3.63) is 52.3 Å². The Labute approximate surface area is 199 Å². The Bertz CT molecular complexity index is 1020. The van der Waals surface area contributed by atoms with Crippen molar-refractivity contribution >= 4 is 23.5 Å². The Kier molecular flexibility index (Phi) is 7.27. The molecule has 0 amide bonds. The van der Waals surface area contributed by atoms with Gasteiger partial charge in [0.2, 0.25) is 5.95 Å². The van der Waals surface area contributed by atoms with E-state index in [0.717, 1.165) is 51.6 Å². The average Bonchev–Trinajstić information content (AvgIpc) is 3.21. The van der Waals surface area contributed by atoms with E-state index in [4.69, 9.17) is 11.6 Å². The zero-order valence-electron chi connectivity index (χ0n) is 18.5. The topological polar surface area (TPSA) is 82.0 Å². The first-order chi connectivity index (χ1) is 16.2. The van der Waals surface area contributed by atoms with Crippen LogP contribution in [0.2, 0.25) is 5.02 Å². The molecule has 2 aromatic rings. The number of esters is 1. The maximum atomic E-state index is 13.5. The van der Waals surface area contributed by atoms with Crippen molar-refractivity contribution in [2.24, 2.45) is 0 Å².